The lowest BCUT2D eigenvalue weighted by atomic mass is 9.81. The van der Waals surface area contributed by atoms with E-state index in [-0.39, 0.29) is 5.54 Å². The summed E-state index contributed by atoms with van der Waals surface area (Å²) in [5, 5.41) is 4.32. The van der Waals surface area contributed by atoms with Crippen molar-refractivity contribution in [3.05, 3.63) is 34.9 Å². The molecular formula is C13H19ClN2. The molecule has 0 spiro atoms. The molecule has 3 heteroatoms. The van der Waals surface area contributed by atoms with Gasteiger partial charge >= 0.3 is 0 Å². The number of hydrogen-bond acceptors (Lipinski definition) is 2. The summed E-state index contributed by atoms with van der Waals surface area (Å²) in [6.45, 7) is 2.26. The normalized spacial score (nSPS) is 20.9. The second kappa shape index (κ2) is 4.74. The summed E-state index contributed by atoms with van der Waals surface area (Å²) in [6, 6.07) is 8.23. The average molecular weight is 239 g/mol. The van der Waals surface area contributed by atoms with Crippen LogP contribution in [0, 0.1) is 0 Å². The molecule has 1 N–H and O–H groups in total. The topological polar surface area (TPSA) is 15.3 Å². The van der Waals surface area contributed by atoms with E-state index in [4.69, 9.17) is 11.6 Å². The number of rotatable bonds is 2. The van der Waals surface area contributed by atoms with E-state index in [1.807, 2.05) is 19.2 Å². The van der Waals surface area contributed by atoms with Gasteiger partial charge in [-0.1, -0.05) is 23.7 Å². The van der Waals surface area contributed by atoms with E-state index in [2.05, 4.69) is 29.4 Å². The lowest BCUT2D eigenvalue weighted by molar-refractivity contribution is 0.164. The van der Waals surface area contributed by atoms with Crippen LogP contribution in [0.5, 0.6) is 0 Å². The molecule has 0 saturated carbocycles. The minimum absolute atomic E-state index is 0.109. The molecule has 0 aromatic heterocycles. The summed E-state index contributed by atoms with van der Waals surface area (Å²) < 4.78 is 0. The van der Waals surface area contributed by atoms with Gasteiger partial charge in [0.05, 0.1) is 0 Å². The Morgan fingerprint density at radius 3 is 2.56 bits per heavy atom. The molecule has 1 aromatic carbocycles. The number of nitrogens with zero attached hydrogens (tertiary/aromatic N) is 1. The van der Waals surface area contributed by atoms with Gasteiger partial charge in [0.1, 0.15) is 0 Å². The average Bonchev–Trinajstić information content (AvgIpc) is 2.31. The third-order valence-corrected chi connectivity index (χ3v) is 3.93. The van der Waals surface area contributed by atoms with Crippen LogP contribution in [0.25, 0.3) is 0 Å². The monoisotopic (exact) mass is 238 g/mol. The first-order chi connectivity index (χ1) is 7.66. The molecule has 88 valence electrons. The van der Waals surface area contributed by atoms with Crippen molar-refractivity contribution in [3.8, 4) is 0 Å². The molecule has 16 heavy (non-hydrogen) atoms. The van der Waals surface area contributed by atoms with Gasteiger partial charge in [0.25, 0.3) is 0 Å². The Hall–Kier alpha value is -0.570. The Balaban J connectivity index is 2.28. The van der Waals surface area contributed by atoms with Gasteiger partial charge in [-0.15, -0.1) is 0 Å². The summed E-state index contributed by atoms with van der Waals surface area (Å²) in [5.74, 6) is 0. The van der Waals surface area contributed by atoms with E-state index in [0.717, 1.165) is 31.0 Å². The van der Waals surface area contributed by atoms with Gasteiger partial charge in [0, 0.05) is 10.6 Å². The van der Waals surface area contributed by atoms with E-state index in [9.17, 15) is 0 Å². The van der Waals surface area contributed by atoms with Crippen LogP contribution < -0.4 is 5.32 Å². The molecule has 1 aliphatic heterocycles. The SMILES string of the molecule is CNC1(c2cccc(Cl)c2)CCN(C)CC1. The molecule has 0 bridgehead atoms. The molecule has 2 nitrogen and oxygen atoms in total. The Morgan fingerprint density at radius 1 is 1.31 bits per heavy atom. The molecule has 0 radical (unpaired) electrons. The summed E-state index contributed by atoms with van der Waals surface area (Å²) in [4.78, 5) is 2.38. The van der Waals surface area contributed by atoms with Crippen molar-refractivity contribution in [1.82, 2.24) is 10.2 Å². The summed E-state index contributed by atoms with van der Waals surface area (Å²) in [5.41, 5.74) is 1.42. The maximum absolute atomic E-state index is 6.07. The molecule has 0 unspecified atom stereocenters. The van der Waals surface area contributed by atoms with Gasteiger partial charge in [0.2, 0.25) is 0 Å². The highest BCUT2D eigenvalue weighted by Crippen LogP contribution is 2.33. The lowest BCUT2D eigenvalue weighted by Crippen LogP contribution is -2.48. The highest BCUT2D eigenvalue weighted by atomic mass is 35.5. The van der Waals surface area contributed by atoms with Crippen molar-refractivity contribution < 1.29 is 0 Å². The first kappa shape index (κ1) is 11.9. The van der Waals surface area contributed by atoms with Crippen molar-refractivity contribution >= 4 is 11.6 Å². The quantitative estimate of drug-likeness (QED) is 0.852. The number of piperidine rings is 1. The minimum Gasteiger partial charge on any atom is -0.310 e. The van der Waals surface area contributed by atoms with E-state index in [1.54, 1.807) is 0 Å². The smallest absolute Gasteiger partial charge is 0.0457 e. The molecular weight excluding hydrogens is 220 g/mol. The van der Waals surface area contributed by atoms with Crippen LogP contribution in [0.1, 0.15) is 18.4 Å². The third kappa shape index (κ3) is 2.24. The molecule has 1 fully saturated rings. The maximum Gasteiger partial charge on any atom is 0.0457 e. The highest BCUT2D eigenvalue weighted by molar-refractivity contribution is 6.30. The Morgan fingerprint density at radius 2 is 2.00 bits per heavy atom. The summed E-state index contributed by atoms with van der Waals surface area (Å²) >= 11 is 6.07. The first-order valence-electron chi connectivity index (χ1n) is 5.80. The van der Waals surface area contributed by atoms with Crippen molar-refractivity contribution in [2.75, 3.05) is 27.2 Å². The largest absolute Gasteiger partial charge is 0.310 e. The van der Waals surface area contributed by atoms with Gasteiger partial charge in [-0.2, -0.15) is 0 Å². The predicted octanol–water partition coefficient (Wildman–Crippen LogP) is 2.48. The lowest BCUT2D eigenvalue weighted by Gasteiger charge is -2.41. The zero-order valence-corrected chi connectivity index (χ0v) is 10.7. The zero-order chi connectivity index (χ0) is 11.6. The standard InChI is InChI=1S/C13H19ClN2/c1-15-13(6-8-16(2)9-7-13)11-4-3-5-12(14)10-11/h3-5,10,15H,6-9H2,1-2H3. The van der Waals surface area contributed by atoms with E-state index >= 15 is 0 Å². The van der Waals surface area contributed by atoms with Crippen LogP contribution in [0.3, 0.4) is 0 Å². The van der Waals surface area contributed by atoms with Gasteiger partial charge in [-0.25, -0.2) is 0 Å². The molecule has 1 aliphatic rings. The molecule has 1 saturated heterocycles. The second-order valence-electron chi connectivity index (χ2n) is 4.65. The fourth-order valence-electron chi connectivity index (χ4n) is 2.47. The summed E-state index contributed by atoms with van der Waals surface area (Å²) in [6.07, 6.45) is 2.28. The Kier molecular flexibility index (Phi) is 3.53. The van der Waals surface area contributed by atoms with Gasteiger partial charge < -0.3 is 10.2 Å². The Labute approximate surface area is 103 Å². The van der Waals surface area contributed by atoms with Crippen molar-refractivity contribution in [1.29, 1.82) is 0 Å². The van der Waals surface area contributed by atoms with E-state index in [0.29, 0.717) is 0 Å². The molecule has 0 aliphatic carbocycles. The van der Waals surface area contributed by atoms with Crippen LogP contribution in [0.15, 0.2) is 24.3 Å². The highest BCUT2D eigenvalue weighted by Gasteiger charge is 2.33. The van der Waals surface area contributed by atoms with E-state index < -0.39 is 0 Å². The zero-order valence-electron chi connectivity index (χ0n) is 9.96. The number of benzene rings is 1. The molecule has 2 rings (SSSR count). The van der Waals surface area contributed by atoms with Crippen LogP contribution in [0.2, 0.25) is 5.02 Å². The van der Waals surface area contributed by atoms with Gasteiger partial charge in [-0.3, -0.25) is 0 Å². The maximum atomic E-state index is 6.07. The van der Waals surface area contributed by atoms with Crippen molar-refractivity contribution in [2.45, 2.75) is 18.4 Å². The van der Waals surface area contributed by atoms with E-state index in [1.165, 1.54) is 5.56 Å². The fraction of sp³-hybridized carbons (Fsp3) is 0.538. The molecule has 0 atom stereocenters. The van der Waals surface area contributed by atoms with Gasteiger partial charge in [0.15, 0.2) is 0 Å². The first-order valence-corrected chi connectivity index (χ1v) is 6.18. The fourth-order valence-corrected chi connectivity index (χ4v) is 2.66. The minimum atomic E-state index is 0.109. The van der Waals surface area contributed by atoms with Gasteiger partial charge in [-0.05, 0) is 57.7 Å². The molecule has 1 aromatic rings. The summed E-state index contributed by atoms with van der Waals surface area (Å²) in [7, 11) is 4.23. The molecule has 1 heterocycles. The Bertz CT molecular complexity index is 357. The third-order valence-electron chi connectivity index (χ3n) is 3.70. The van der Waals surface area contributed by atoms with Crippen molar-refractivity contribution in [3.63, 3.8) is 0 Å². The van der Waals surface area contributed by atoms with Crippen LogP contribution in [0.4, 0.5) is 0 Å². The van der Waals surface area contributed by atoms with Crippen LogP contribution in [-0.2, 0) is 5.54 Å². The number of likely N-dealkylation sites (tertiary alicyclic amines) is 1. The van der Waals surface area contributed by atoms with Crippen LogP contribution in [-0.4, -0.2) is 32.1 Å². The molecule has 0 amide bonds. The number of nitrogens with one attached hydrogen (secondary N) is 1. The second-order valence-corrected chi connectivity index (χ2v) is 5.08. The number of hydrogen-bond donors (Lipinski definition) is 1. The predicted molar refractivity (Wildman–Crippen MR) is 68.9 cm³/mol. The number of halogens is 1. The van der Waals surface area contributed by atoms with Crippen molar-refractivity contribution in [2.24, 2.45) is 0 Å². The van der Waals surface area contributed by atoms with Crippen LogP contribution >= 0.6 is 11.6 Å².